The highest BCUT2D eigenvalue weighted by molar-refractivity contribution is 5.77. The van der Waals surface area contributed by atoms with E-state index in [4.69, 9.17) is 0 Å². The molecule has 0 saturated heterocycles. The fraction of sp³-hybridized carbons (Fsp3) is 0.625. The lowest BCUT2D eigenvalue weighted by Crippen LogP contribution is -2.33. The van der Waals surface area contributed by atoms with Gasteiger partial charge in [0.05, 0.1) is 0 Å². The Kier molecular flexibility index (Phi) is 3.81. The van der Waals surface area contributed by atoms with E-state index in [2.05, 4.69) is 16.0 Å². The fourth-order valence-electron chi connectivity index (χ4n) is 3.07. The Balaban J connectivity index is 1.61. The highest BCUT2D eigenvalue weighted by atomic mass is 16.2. The number of rotatable bonds is 5. The average Bonchev–Trinajstić information content (AvgIpc) is 3.15. The molecule has 1 aromatic heterocycles. The predicted octanol–water partition coefficient (Wildman–Crippen LogP) is 3.15. The van der Waals surface area contributed by atoms with Crippen LogP contribution in [0.3, 0.4) is 0 Å². The van der Waals surface area contributed by atoms with E-state index in [1.807, 2.05) is 12.3 Å². The van der Waals surface area contributed by atoms with E-state index in [1.54, 1.807) is 6.20 Å². The molecule has 3 rings (SSSR count). The smallest absolute Gasteiger partial charge is 0.223 e. The molecule has 0 atom stereocenters. The van der Waals surface area contributed by atoms with Crippen molar-refractivity contribution in [1.82, 2.24) is 9.88 Å². The maximum Gasteiger partial charge on any atom is 0.223 e. The number of carbonyl (C=O) groups excluding carboxylic acids is 1. The molecule has 1 heterocycles. The summed E-state index contributed by atoms with van der Waals surface area (Å²) in [5.41, 5.74) is 1.15. The summed E-state index contributed by atoms with van der Waals surface area (Å²) in [6.45, 7) is 0.740. The molecule has 0 spiro atoms. The molecule has 1 aromatic rings. The highest BCUT2D eigenvalue weighted by Gasteiger charge is 2.33. The van der Waals surface area contributed by atoms with Crippen LogP contribution in [0.4, 0.5) is 0 Å². The van der Waals surface area contributed by atoms with E-state index in [-0.39, 0.29) is 0 Å². The largest absolute Gasteiger partial charge is 0.335 e. The number of nitrogens with zero attached hydrogens (tertiary/aromatic N) is 2. The Morgan fingerprint density at radius 2 is 2.05 bits per heavy atom. The summed E-state index contributed by atoms with van der Waals surface area (Å²) in [6.07, 6.45) is 11.9. The molecule has 0 radical (unpaired) electrons. The summed E-state index contributed by atoms with van der Waals surface area (Å²) in [5.74, 6) is 1.00. The van der Waals surface area contributed by atoms with Gasteiger partial charge in [-0.3, -0.25) is 9.78 Å². The van der Waals surface area contributed by atoms with Crippen LogP contribution in [-0.4, -0.2) is 21.8 Å². The van der Waals surface area contributed by atoms with Gasteiger partial charge in [0, 0.05) is 31.4 Å². The molecule has 2 aliphatic carbocycles. The molecule has 0 aromatic carbocycles. The first-order valence-electron chi connectivity index (χ1n) is 7.51. The van der Waals surface area contributed by atoms with Crippen LogP contribution in [0.1, 0.15) is 50.5 Å². The molecule has 0 bridgehead atoms. The first kappa shape index (κ1) is 12.6. The standard InChI is InChI=1S/C16H22N2O/c19-16(10-13-4-1-2-5-13)18(15-7-8-15)12-14-6-3-9-17-11-14/h3,6,9,11,13,15H,1-2,4-5,7-8,10,12H2. The zero-order valence-corrected chi connectivity index (χ0v) is 11.4. The Morgan fingerprint density at radius 1 is 1.26 bits per heavy atom. The van der Waals surface area contributed by atoms with E-state index in [0.717, 1.165) is 18.5 Å². The number of carbonyl (C=O) groups is 1. The molecule has 19 heavy (non-hydrogen) atoms. The number of hydrogen-bond acceptors (Lipinski definition) is 2. The maximum absolute atomic E-state index is 12.5. The van der Waals surface area contributed by atoms with Gasteiger partial charge in [0.2, 0.25) is 5.91 Å². The second-order valence-electron chi connectivity index (χ2n) is 5.97. The van der Waals surface area contributed by atoms with E-state index in [9.17, 15) is 4.79 Å². The molecular weight excluding hydrogens is 236 g/mol. The highest BCUT2D eigenvalue weighted by Crippen LogP contribution is 2.32. The topological polar surface area (TPSA) is 33.2 Å². The number of pyridine rings is 1. The van der Waals surface area contributed by atoms with Gasteiger partial charge in [0.1, 0.15) is 0 Å². The first-order chi connectivity index (χ1) is 9.33. The van der Waals surface area contributed by atoms with Gasteiger partial charge in [-0.15, -0.1) is 0 Å². The summed E-state index contributed by atoms with van der Waals surface area (Å²) in [4.78, 5) is 18.7. The van der Waals surface area contributed by atoms with Gasteiger partial charge >= 0.3 is 0 Å². The van der Waals surface area contributed by atoms with E-state index < -0.39 is 0 Å². The molecule has 102 valence electrons. The zero-order chi connectivity index (χ0) is 13.1. The Morgan fingerprint density at radius 3 is 2.68 bits per heavy atom. The Labute approximate surface area is 115 Å². The second kappa shape index (κ2) is 5.72. The first-order valence-corrected chi connectivity index (χ1v) is 7.51. The predicted molar refractivity (Wildman–Crippen MR) is 74.4 cm³/mol. The van der Waals surface area contributed by atoms with Crippen molar-refractivity contribution >= 4 is 5.91 Å². The van der Waals surface area contributed by atoms with Crippen molar-refractivity contribution in [2.75, 3.05) is 0 Å². The summed E-state index contributed by atoms with van der Waals surface area (Å²) in [6, 6.07) is 4.50. The number of hydrogen-bond donors (Lipinski definition) is 0. The number of amides is 1. The van der Waals surface area contributed by atoms with Gasteiger partial charge < -0.3 is 4.90 Å². The van der Waals surface area contributed by atoms with E-state index >= 15 is 0 Å². The molecule has 0 N–H and O–H groups in total. The van der Waals surface area contributed by atoms with Crippen molar-refractivity contribution in [3.63, 3.8) is 0 Å². The summed E-state index contributed by atoms with van der Waals surface area (Å²) in [5, 5.41) is 0. The Hall–Kier alpha value is -1.38. The third kappa shape index (κ3) is 3.34. The van der Waals surface area contributed by atoms with Gasteiger partial charge in [0.15, 0.2) is 0 Å². The molecule has 0 unspecified atom stereocenters. The van der Waals surface area contributed by atoms with Crippen LogP contribution in [0.15, 0.2) is 24.5 Å². The van der Waals surface area contributed by atoms with Crippen molar-refractivity contribution in [1.29, 1.82) is 0 Å². The SMILES string of the molecule is O=C(CC1CCCC1)N(Cc1cccnc1)C1CC1. The van der Waals surface area contributed by atoms with Crippen LogP contribution in [0, 0.1) is 5.92 Å². The van der Waals surface area contributed by atoms with Crippen molar-refractivity contribution in [2.45, 2.75) is 57.5 Å². The van der Waals surface area contributed by atoms with Crippen LogP contribution in [0.25, 0.3) is 0 Å². The van der Waals surface area contributed by atoms with Crippen LogP contribution >= 0.6 is 0 Å². The maximum atomic E-state index is 12.5. The average molecular weight is 258 g/mol. The quantitative estimate of drug-likeness (QED) is 0.813. The molecule has 2 aliphatic rings. The molecule has 0 aliphatic heterocycles. The van der Waals surface area contributed by atoms with Crippen LogP contribution in [0.2, 0.25) is 0 Å². The van der Waals surface area contributed by atoms with Gasteiger partial charge in [-0.2, -0.15) is 0 Å². The number of aromatic nitrogens is 1. The normalized spacial score (nSPS) is 19.6. The molecule has 2 fully saturated rings. The second-order valence-corrected chi connectivity index (χ2v) is 5.97. The molecule has 2 saturated carbocycles. The summed E-state index contributed by atoms with van der Waals surface area (Å²) >= 11 is 0. The minimum atomic E-state index is 0.359. The van der Waals surface area contributed by atoms with Gasteiger partial charge in [-0.1, -0.05) is 18.9 Å². The molecule has 1 amide bonds. The zero-order valence-electron chi connectivity index (χ0n) is 11.4. The third-order valence-corrected chi connectivity index (χ3v) is 4.32. The van der Waals surface area contributed by atoms with Crippen LogP contribution < -0.4 is 0 Å². The van der Waals surface area contributed by atoms with Crippen molar-refractivity contribution in [3.8, 4) is 0 Å². The monoisotopic (exact) mass is 258 g/mol. The van der Waals surface area contributed by atoms with Crippen molar-refractivity contribution < 1.29 is 4.79 Å². The minimum Gasteiger partial charge on any atom is -0.335 e. The Bertz CT molecular complexity index is 422. The van der Waals surface area contributed by atoms with Crippen molar-refractivity contribution in [3.05, 3.63) is 30.1 Å². The molecule has 3 nitrogen and oxygen atoms in total. The minimum absolute atomic E-state index is 0.359. The molecular formula is C16H22N2O. The van der Waals surface area contributed by atoms with E-state index in [0.29, 0.717) is 17.9 Å². The van der Waals surface area contributed by atoms with E-state index in [1.165, 1.54) is 38.5 Å². The lowest BCUT2D eigenvalue weighted by atomic mass is 10.0. The van der Waals surface area contributed by atoms with Gasteiger partial charge in [-0.25, -0.2) is 0 Å². The lowest BCUT2D eigenvalue weighted by Gasteiger charge is -2.24. The third-order valence-electron chi connectivity index (χ3n) is 4.32. The molecule has 3 heteroatoms. The summed E-state index contributed by atoms with van der Waals surface area (Å²) in [7, 11) is 0. The lowest BCUT2D eigenvalue weighted by molar-refractivity contribution is -0.133. The summed E-state index contributed by atoms with van der Waals surface area (Å²) < 4.78 is 0. The van der Waals surface area contributed by atoms with Crippen LogP contribution in [0.5, 0.6) is 0 Å². The fourth-order valence-corrected chi connectivity index (χ4v) is 3.07. The van der Waals surface area contributed by atoms with Gasteiger partial charge in [0.25, 0.3) is 0 Å². The van der Waals surface area contributed by atoms with Crippen LogP contribution in [-0.2, 0) is 11.3 Å². The van der Waals surface area contributed by atoms with Crippen molar-refractivity contribution in [2.24, 2.45) is 5.92 Å². The van der Waals surface area contributed by atoms with Gasteiger partial charge in [-0.05, 0) is 43.2 Å².